The van der Waals surface area contributed by atoms with Crippen molar-refractivity contribution in [3.63, 3.8) is 0 Å². The van der Waals surface area contributed by atoms with E-state index in [0.29, 0.717) is 46.1 Å². The number of benzene rings is 3. The van der Waals surface area contributed by atoms with Gasteiger partial charge in [0.2, 0.25) is 0 Å². The minimum absolute atomic E-state index is 0.0574. The van der Waals surface area contributed by atoms with Crippen LogP contribution in [0.2, 0.25) is 0 Å². The molecule has 0 aromatic heterocycles. The molecule has 2 N–H and O–H groups in total. The van der Waals surface area contributed by atoms with Crippen molar-refractivity contribution < 1.29 is 29.2 Å². The van der Waals surface area contributed by atoms with Crippen LogP contribution < -0.4 is 18.9 Å². The van der Waals surface area contributed by atoms with E-state index in [2.05, 4.69) is 0 Å². The van der Waals surface area contributed by atoms with Gasteiger partial charge in [-0.3, -0.25) is 0 Å². The monoisotopic (exact) mass is 450 g/mol. The molecule has 0 aliphatic heterocycles. The summed E-state index contributed by atoms with van der Waals surface area (Å²) in [5.41, 5.74) is 4.53. The van der Waals surface area contributed by atoms with Crippen LogP contribution >= 0.6 is 0 Å². The van der Waals surface area contributed by atoms with Gasteiger partial charge in [-0.2, -0.15) is 0 Å². The van der Waals surface area contributed by atoms with Crippen LogP contribution in [-0.2, 0) is 6.42 Å². The van der Waals surface area contributed by atoms with Gasteiger partial charge in [-0.25, -0.2) is 0 Å². The number of rotatable bonds is 8. The first kappa shape index (κ1) is 23.9. The molecule has 0 radical (unpaired) electrons. The molecular weight excluding hydrogens is 420 g/mol. The van der Waals surface area contributed by atoms with Crippen molar-refractivity contribution in [3.05, 3.63) is 59.7 Å². The zero-order valence-electron chi connectivity index (χ0n) is 19.9. The number of aromatic hydroxyl groups is 2. The fourth-order valence-electron chi connectivity index (χ4n) is 3.71. The molecular formula is C27H30O6. The zero-order chi connectivity index (χ0) is 24.1. The number of phenolic OH excluding ortho intramolecular Hbond substituents is 2. The fourth-order valence-corrected chi connectivity index (χ4v) is 3.71. The maximum atomic E-state index is 11.3. The van der Waals surface area contributed by atoms with Crippen LogP contribution in [-0.4, -0.2) is 38.7 Å². The van der Waals surface area contributed by atoms with Crippen LogP contribution in [0.4, 0.5) is 0 Å². The van der Waals surface area contributed by atoms with Gasteiger partial charge in [-0.15, -0.1) is 0 Å². The highest BCUT2D eigenvalue weighted by atomic mass is 16.5. The summed E-state index contributed by atoms with van der Waals surface area (Å²) in [5.74, 6) is 2.04. The highest BCUT2D eigenvalue weighted by molar-refractivity contribution is 5.88. The molecule has 6 nitrogen and oxygen atoms in total. The molecule has 0 heterocycles. The van der Waals surface area contributed by atoms with Crippen LogP contribution in [0.15, 0.2) is 54.1 Å². The van der Waals surface area contributed by atoms with Crippen LogP contribution in [0.3, 0.4) is 0 Å². The second kappa shape index (κ2) is 10.2. The lowest BCUT2D eigenvalue weighted by atomic mass is 9.94. The summed E-state index contributed by atoms with van der Waals surface area (Å²) in [5, 5.41) is 21.6. The lowest BCUT2D eigenvalue weighted by Gasteiger charge is -2.19. The van der Waals surface area contributed by atoms with Crippen LogP contribution in [0.5, 0.6) is 34.5 Å². The van der Waals surface area contributed by atoms with Crippen molar-refractivity contribution in [2.75, 3.05) is 28.4 Å². The van der Waals surface area contributed by atoms with Crippen molar-refractivity contribution in [2.24, 2.45) is 0 Å². The van der Waals surface area contributed by atoms with Gasteiger partial charge in [0.15, 0.2) is 23.0 Å². The lowest BCUT2D eigenvalue weighted by molar-refractivity contribution is 0.355. The first-order valence-corrected chi connectivity index (χ1v) is 10.5. The summed E-state index contributed by atoms with van der Waals surface area (Å²) >= 11 is 0. The van der Waals surface area contributed by atoms with Gasteiger partial charge >= 0.3 is 0 Å². The second-order valence-corrected chi connectivity index (χ2v) is 7.78. The van der Waals surface area contributed by atoms with Crippen molar-refractivity contribution >= 4 is 0 Å². The molecule has 33 heavy (non-hydrogen) atoms. The average Bonchev–Trinajstić information content (AvgIpc) is 2.82. The number of hydrogen-bond acceptors (Lipinski definition) is 6. The summed E-state index contributed by atoms with van der Waals surface area (Å²) in [6, 6.07) is 12.5. The SMILES string of the molecule is COc1ccc(-c2c(OC)cc(-c3ccc(O)c(CC=C(C)C)c3)c(OC)c2O)cc1OC. The first-order chi connectivity index (χ1) is 15.8. The molecule has 0 amide bonds. The minimum Gasteiger partial charge on any atom is -0.508 e. The molecule has 3 rings (SSSR count). The molecule has 174 valence electrons. The van der Waals surface area contributed by atoms with E-state index in [9.17, 15) is 10.2 Å². The fraction of sp³-hybridized carbons (Fsp3) is 0.259. The van der Waals surface area contributed by atoms with Gasteiger partial charge in [0.25, 0.3) is 0 Å². The highest BCUT2D eigenvalue weighted by Crippen LogP contribution is 2.50. The Morgan fingerprint density at radius 1 is 0.758 bits per heavy atom. The molecule has 0 saturated carbocycles. The van der Waals surface area contributed by atoms with Gasteiger partial charge < -0.3 is 29.2 Å². The minimum atomic E-state index is -0.0574. The third-order valence-electron chi connectivity index (χ3n) is 5.44. The Hall–Kier alpha value is -3.80. The van der Waals surface area contributed by atoms with Gasteiger partial charge in [0.05, 0.1) is 34.0 Å². The molecule has 0 fully saturated rings. The molecule has 3 aromatic rings. The van der Waals surface area contributed by atoms with Crippen molar-refractivity contribution in [2.45, 2.75) is 20.3 Å². The molecule has 0 unspecified atom stereocenters. The average molecular weight is 451 g/mol. The van der Waals surface area contributed by atoms with Gasteiger partial charge in [-0.1, -0.05) is 23.8 Å². The number of methoxy groups -OCH3 is 4. The maximum Gasteiger partial charge on any atom is 0.170 e. The first-order valence-electron chi connectivity index (χ1n) is 10.5. The molecule has 0 aliphatic carbocycles. The Bertz CT molecular complexity index is 1180. The molecule has 3 aromatic carbocycles. The van der Waals surface area contributed by atoms with Crippen molar-refractivity contribution in [1.82, 2.24) is 0 Å². The summed E-state index contributed by atoms with van der Waals surface area (Å²) < 4.78 is 22.0. The number of hydrogen-bond donors (Lipinski definition) is 2. The van der Waals surface area contributed by atoms with E-state index in [1.54, 1.807) is 45.6 Å². The molecule has 0 saturated heterocycles. The van der Waals surface area contributed by atoms with E-state index in [1.807, 2.05) is 38.1 Å². The van der Waals surface area contributed by atoms with Crippen LogP contribution in [0, 0.1) is 0 Å². The van der Waals surface area contributed by atoms with E-state index in [-0.39, 0.29) is 11.5 Å². The van der Waals surface area contributed by atoms with Crippen LogP contribution in [0.25, 0.3) is 22.3 Å². The number of ether oxygens (including phenoxy) is 4. The maximum absolute atomic E-state index is 11.3. The number of allylic oxidation sites excluding steroid dienone is 2. The Morgan fingerprint density at radius 3 is 2.03 bits per heavy atom. The number of phenols is 2. The predicted octanol–water partition coefficient (Wildman–Crippen LogP) is 5.97. The van der Waals surface area contributed by atoms with Crippen molar-refractivity contribution in [1.29, 1.82) is 0 Å². The van der Waals surface area contributed by atoms with E-state index in [0.717, 1.165) is 16.7 Å². The third kappa shape index (κ3) is 4.85. The highest BCUT2D eigenvalue weighted by Gasteiger charge is 2.23. The van der Waals surface area contributed by atoms with E-state index < -0.39 is 0 Å². The van der Waals surface area contributed by atoms with E-state index in [1.165, 1.54) is 7.11 Å². The summed E-state index contributed by atoms with van der Waals surface area (Å²) in [6.07, 6.45) is 2.64. The van der Waals surface area contributed by atoms with Gasteiger partial charge in [0, 0.05) is 5.56 Å². The van der Waals surface area contributed by atoms with Gasteiger partial charge in [-0.05, 0) is 67.3 Å². The molecule has 0 bridgehead atoms. The predicted molar refractivity (Wildman–Crippen MR) is 130 cm³/mol. The lowest BCUT2D eigenvalue weighted by Crippen LogP contribution is -1.97. The molecule has 6 heteroatoms. The largest absolute Gasteiger partial charge is 0.508 e. The van der Waals surface area contributed by atoms with Crippen molar-refractivity contribution in [3.8, 4) is 56.8 Å². The Morgan fingerprint density at radius 2 is 1.42 bits per heavy atom. The Kier molecular flexibility index (Phi) is 7.38. The molecule has 0 spiro atoms. The van der Waals surface area contributed by atoms with Gasteiger partial charge in [0.1, 0.15) is 11.5 Å². The summed E-state index contributed by atoms with van der Waals surface area (Å²) in [7, 11) is 6.18. The summed E-state index contributed by atoms with van der Waals surface area (Å²) in [6.45, 7) is 4.03. The molecule has 0 aliphatic rings. The Balaban J connectivity index is 2.21. The second-order valence-electron chi connectivity index (χ2n) is 7.78. The van der Waals surface area contributed by atoms with Crippen LogP contribution in [0.1, 0.15) is 19.4 Å². The van der Waals surface area contributed by atoms with E-state index in [4.69, 9.17) is 18.9 Å². The normalized spacial score (nSPS) is 10.5. The zero-order valence-corrected chi connectivity index (χ0v) is 19.9. The quantitative estimate of drug-likeness (QED) is 0.412. The topological polar surface area (TPSA) is 77.4 Å². The molecule has 0 atom stereocenters. The third-order valence-corrected chi connectivity index (χ3v) is 5.44. The van der Waals surface area contributed by atoms with E-state index >= 15 is 0 Å². The Labute approximate surface area is 194 Å². The smallest absolute Gasteiger partial charge is 0.170 e. The standard InChI is InChI=1S/C27H30O6/c1-16(2)7-8-18-13-17(9-11-21(18)28)20-15-24(32-5)25(26(29)27(20)33-6)19-10-12-22(30-3)23(14-19)31-4/h7,9-15,28-29H,8H2,1-6H3. The summed E-state index contributed by atoms with van der Waals surface area (Å²) in [4.78, 5) is 0.